The maximum Gasteiger partial charge on any atom is 0.408 e. The highest BCUT2D eigenvalue weighted by Crippen LogP contribution is 2.11. The number of aliphatic carboxylic acids is 1. The lowest BCUT2D eigenvalue weighted by molar-refractivity contribution is -0.143. The Morgan fingerprint density at radius 1 is 0.755 bits per heavy atom. The molecule has 0 spiro atoms. The molecular weight excluding hydrogens is 630 g/mol. The summed E-state index contributed by atoms with van der Waals surface area (Å²) in [6.07, 6.45) is 2.45. The van der Waals surface area contributed by atoms with Crippen molar-refractivity contribution in [2.24, 2.45) is 11.8 Å². The zero-order valence-corrected chi connectivity index (χ0v) is 28.6. The predicted molar refractivity (Wildman–Crippen MR) is 184 cm³/mol. The van der Waals surface area contributed by atoms with E-state index in [4.69, 9.17) is 10.5 Å². The van der Waals surface area contributed by atoms with Crippen molar-refractivity contribution in [3.8, 4) is 0 Å². The Balaban J connectivity index is 0.00000409. The number of hydrogen-bond acceptors (Lipinski definition) is 7. The van der Waals surface area contributed by atoms with Crippen LogP contribution >= 0.6 is 0 Å². The van der Waals surface area contributed by atoms with Crippen molar-refractivity contribution in [1.82, 2.24) is 31.2 Å². The summed E-state index contributed by atoms with van der Waals surface area (Å²) in [7, 11) is 1.25. The summed E-state index contributed by atoms with van der Waals surface area (Å²) < 4.78 is 5.36. The number of imidazole rings is 1. The Morgan fingerprint density at radius 2 is 1.29 bits per heavy atom. The fourth-order valence-corrected chi connectivity index (χ4v) is 4.81. The van der Waals surface area contributed by atoms with Crippen LogP contribution in [0, 0.1) is 11.8 Å². The fourth-order valence-electron chi connectivity index (χ4n) is 4.81. The molecule has 0 radical (unpaired) electrons. The van der Waals surface area contributed by atoms with E-state index in [2.05, 4.69) is 31.2 Å². The van der Waals surface area contributed by atoms with Crippen LogP contribution in [0.15, 0.2) is 73.2 Å². The van der Waals surface area contributed by atoms with Gasteiger partial charge in [-0.2, -0.15) is 7.05 Å². The molecule has 0 bridgehead atoms. The summed E-state index contributed by atoms with van der Waals surface area (Å²) in [6.45, 7) is 7.06. The number of carbonyl (C=O) groups excluding carboxylic acids is 4. The third-order valence-corrected chi connectivity index (χ3v) is 7.29. The second kappa shape index (κ2) is 20.9. The minimum atomic E-state index is -1.19. The van der Waals surface area contributed by atoms with Gasteiger partial charge in [-0.1, -0.05) is 88.4 Å². The number of benzene rings is 2. The summed E-state index contributed by atoms with van der Waals surface area (Å²) in [6, 6.07) is 13.6. The summed E-state index contributed by atoms with van der Waals surface area (Å²) in [5.41, 5.74) is 7.82. The number of carboxylic acids is 1. The molecule has 0 aliphatic heterocycles. The van der Waals surface area contributed by atoms with Crippen LogP contribution in [0.5, 0.6) is 0 Å². The highest BCUT2D eigenvalue weighted by Gasteiger charge is 2.33. The summed E-state index contributed by atoms with van der Waals surface area (Å²) >= 11 is 0. The lowest BCUT2D eigenvalue weighted by atomic mass is 9.99. The highest BCUT2D eigenvalue weighted by molar-refractivity contribution is 5.95. The molecule has 0 saturated carbocycles. The van der Waals surface area contributed by atoms with Crippen molar-refractivity contribution in [3.63, 3.8) is 0 Å². The lowest BCUT2D eigenvalue weighted by Gasteiger charge is -2.27. The average Bonchev–Trinajstić information content (AvgIpc) is 3.59. The van der Waals surface area contributed by atoms with E-state index in [0.717, 1.165) is 11.1 Å². The predicted octanol–water partition coefficient (Wildman–Crippen LogP) is 3.40. The molecule has 2 aromatic carbocycles. The second-order valence-electron chi connectivity index (χ2n) is 12.0. The van der Waals surface area contributed by atoms with Gasteiger partial charge in [-0.05, 0) is 29.4 Å². The van der Waals surface area contributed by atoms with E-state index >= 15 is 0 Å². The number of aromatic amines is 1. The van der Waals surface area contributed by atoms with Crippen molar-refractivity contribution in [2.45, 2.75) is 77.7 Å². The first-order valence-electron chi connectivity index (χ1n) is 16.0. The first-order chi connectivity index (χ1) is 23.4. The Kier molecular flexibility index (Phi) is 17.0. The van der Waals surface area contributed by atoms with E-state index in [1.54, 1.807) is 38.1 Å². The zero-order valence-electron chi connectivity index (χ0n) is 28.6. The summed E-state index contributed by atoms with van der Waals surface area (Å²) in [5, 5.41) is 20.2. The molecule has 4 amide bonds. The maximum atomic E-state index is 13.8. The van der Waals surface area contributed by atoms with E-state index in [0.29, 0.717) is 5.69 Å². The second-order valence-corrected chi connectivity index (χ2v) is 12.0. The van der Waals surface area contributed by atoms with Gasteiger partial charge in [0.1, 0.15) is 30.8 Å². The van der Waals surface area contributed by atoms with Crippen LogP contribution in [0.25, 0.3) is 5.73 Å². The van der Waals surface area contributed by atoms with Gasteiger partial charge < -0.3 is 41.8 Å². The number of rotatable bonds is 17. The lowest BCUT2D eigenvalue weighted by Crippen LogP contribution is -2.59. The Bertz CT molecular complexity index is 1450. The third kappa shape index (κ3) is 14.2. The Morgan fingerprint density at radius 3 is 1.80 bits per heavy atom. The van der Waals surface area contributed by atoms with Gasteiger partial charge in [-0.15, -0.1) is 0 Å². The quantitative estimate of drug-likeness (QED) is 0.124. The summed E-state index contributed by atoms with van der Waals surface area (Å²) in [4.78, 5) is 72.2. The van der Waals surface area contributed by atoms with Crippen LogP contribution in [0.3, 0.4) is 0 Å². The molecule has 266 valence electrons. The highest BCUT2D eigenvalue weighted by atomic mass is 16.5. The molecule has 49 heavy (non-hydrogen) atoms. The van der Waals surface area contributed by atoms with E-state index in [1.165, 1.54) is 19.6 Å². The number of aromatic nitrogens is 2. The summed E-state index contributed by atoms with van der Waals surface area (Å²) in [5.74, 6) is -3.59. The number of ether oxygens (including phenoxy) is 1. The number of H-pyrrole nitrogens is 1. The molecule has 1 aromatic heterocycles. The molecule has 0 aliphatic rings. The molecule has 0 unspecified atom stereocenters. The third-order valence-electron chi connectivity index (χ3n) is 7.29. The van der Waals surface area contributed by atoms with Gasteiger partial charge in [-0.25, -0.2) is 14.6 Å². The molecule has 14 nitrogen and oxygen atoms in total. The number of nitrogens with zero attached hydrogens (tertiary/aromatic N) is 1. The molecular formula is C35H48N7O7-. The monoisotopic (exact) mass is 678 g/mol. The van der Waals surface area contributed by atoms with E-state index in [1.807, 2.05) is 50.2 Å². The number of carbonyl (C=O) groups is 5. The number of alkyl carbamates (subject to hydrolysis) is 1. The minimum absolute atomic E-state index is 0.00392. The van der Waals surface area contributed by atoms with Crippen LogP contribution < -0.4 is 21.3 Å². The molecule has 7 N–H and O–H groups in total. The van der Waals surface area contributed by atoms with Crippen molar-refractivity contribution in [2.75, 3.05) is 7.05 Å². The Labute approximate surface area is 287 Å². The fraction of sp³-hybridized carbons (Fsp3) is 0.429. The smallest absolute Gasteiger partial charge is 0.408 e. The molecule has 4 atom stereocenters. The molecule has 3 rings (SSSR count). The molecule has 14 heteroatoms. The SMILES string of the molecule is CC(C)C[C@H](NC(=O)[C@H](Cc1cnc[nH]1)NC(=O)[C@H](Cc1ccccc1)NC(=O)OCc1ccccc1)C(=O)N[C@H](C(=O)O)C(C)C.C[NH-]. The standard InChI is InChI=1S/C34H44N6O7.CH4N/c1-21(2)15-26(32(43)40-29(22(3)4)33(44)45)37-31(42)28(17-25-18-35-20-36-25)38-30(41)27(16-23-11-7-5-8-12-23)39-34(46)47-19-24-13-9-6-10-14-24;1-2/h5-14,18,20-22,26-29H,15-17,19H2,1-4H3,(H,35,36)(H,37,42)(H,38,41)(H,39,46)(H,40,43)(H,44,45);2H,1H3/q;-1/t26-,27-,28-,29-;/m0./s1. The molecule has 0 fully saturated rings. The topological polar surface area (TPSA) is 215 Å². The van der Waals surface area contributed by atoms with Crippen LogP contribution in [0.2, 0.25) is 0 Å². The Hall–Kier alpha value is -5.24. The van der Waals surface area contributed by atoms with Crippen molar-refractivity contribution >= 4 is 29.8 Å². The molecule has 0 saturated heterocycles. The zero-order chi connectivity index (χ0) is 36.3. The van der Waals surface area contributed by atoms with E-state index < -0.39 is 59.9 Å². The van der Waals surface area contributed by atoms with Crippen LogP contribution in [0.1, 0.15) is 50.9 Å². The average molecular weight is 679 g/mol. The van der Waals surface area contributed by atoms with Gasteiger partial charge in [0.2, 0.25) is 17.7 Å². The number of hydrogen-bond donors (Lipinski definition) is 6. The largest absolute Gasteiger partial charge is 0.680 e. The number of nitrogens with one attached hydrogen (secondary N) is 6. The first kappa shape index (κ1) is 39.9. The van der Waals surface area contributed by atoms with Crippen LogP contribution in [-0.2, 0) is 43.4 Å². The van der Waals surface area contributed by atoms with Crippen molar-refractivity contribution < 1.29 is 33.8 Å². The maximum absolute atomic E-state index is 13.8. The van der Waals surface area contributed by atoms with E-state index in [9.17, 15) is 29.1 Å². The number of amides is 4. The number of carboxylic acid groups (broad SMARTS) is 1. The van der Waals surface area contributed by atoms with Gasteiger partial charge in [0.05, 0.1) is 6.33 Å². The van der Waals surface area contributed by atoms with Gasteiger partial charge in [0.15, 0.2) is 0 Å². The van der Waals surface area contributed by atoms with Crippen LogP contribution in [-0.4, -0.2) is 76.1 Å². The first-order valence-corrected chi connectivity index (χ1v) is 16.0. The van der Waals surface area contributed by atoms with E-state index in [-0.39, 0.29) is 31.8 Å². The molecule has 0 aliphatic carbocycles. The van der Waals surface area contributed by atoms with Gasteiger partial charge in [0, 0.05) is 24.7 Å². The normalized spacial score (nSPS) is 13.1. The molecule has 1 heterocycles. The van der Waals surface area contributed by atoms with Gasteiger partial charge in [-0.3, -0.25) is 14.4 Å². The minimum Gasteiger partial charge on any atom is -0.680 e. The van der Waals surface area contributed by atoms with Gasteiger partial charge in [0.25, 0.3) is 0 Å². The van der Waals surface area contributed by atoms with Crippen LogP contribution in [0.4, 0.5) is 4.79 Å². The van der Waals surface area contributed by atoms with Crippen molar-refractivity contribution in [3.05, 3.63) is 95.7 Å². The van der Waals surface area contributed by atoms with Crippen molar-refractivity contribution in [1.29, 1.82) is 0 Å². The van der Waals surface area contributed by atoms with Gasteiger partial charge >= 0.3 is 12.1 Å². The molecule has 3 aromatic rings.